The van der Waals surface area contributed by atoms with E-state index in [0.29, 0.717) is 0 Å². The Morgan fingerprint density at radius 1 is 1.07 bits per heavy atom. The van der Waals surface area contributed by atoms with Gasteiger partial charge < -0.3 is 9.47 Å². The number of methoxy groups -OCH3 is 1. The SMILES string of the molecule is CCS(=O)(=O)c1nc2ccc(OC)cn2c1S(=O)(=O)NC(=O)Oc1ccccc1. The van der Waals surface area contributed by atoms with Crippen molar-refractivity contribution in [2.45, 2.75) is 17.0 Å². The van der Waals surface area contributed by atoms with Crippen LogP contribution in [0.15, 0.2) is 58.7 Å². The van der Waals surface area contributed by atoms with Crippen LogP contribution in [0.3, 0.4) is 0 Å². The predicted molar refractivity (Wildman–Crippen MR) is 102 cm³/mol. The van der Waals surface area contributed by atoms with E-state index in [4.69, 9.17) is 9.47 Å². The molecule has 0 spiro atoms. The van der Waals surface area contributed by atoms with Crippen molar-refractivity contribution in [2.75, 3.05) is 12.9 Å². The van der Waals surface area contributed by atoms with Crippen LogP contribution in [0.2, 0.25) is 0 Å². The smallest absolute Gasteiger partial charge is 0.426 e. The fourth-order valence-corrected chi connectivity index (χ4v) is 5.08. The molecule has 0 saturated carbocycles. The minimum Gasteiger partial charge on any atom is -0.495 e. The Labute approximate surface area is 167 Å². The molecular weight excluding hydrogens is 422 g/mol. The highest BCUT2D eigenvalue weighted by atomic mass is 32.2. The van der Waals surface area contributed by atoms with E-state index >= 15 is 0 Å². The molecular formula is C17H17N3O7S2. The Hall–Kier alpha value is -3.12. The molecule has 0 fully saturated rings. The van der Waals surface area contributed by atoms with Gasteiger partial charge >= 0.3 is 6.09 Å². The molecule has 0 aliphatic rings. The van der Waals surface area contributed by atoms with E-state index in [2.05, 4.69) is 4.98 Å². The topological polar surface area (TPSA) is 133 Å². The van der Waals surface area contributed by atoms with Crippen molar-refractivity contribution in [2.24, 2.45) is 0 Å². The number of rotatable bonds is 6. The summed E-state index contributed by atoms with van der Waals surface area (Å²) in [5, 5.41) is -1.38. The van der Waals surface area contributed by atoms with Crippen molar-refractivity contribution in [3.8, 4) is 11.5 Å². The number of sulfonamides is 1. The van der Waals surface area contributed by atoms with Gasteiger partial charge in [-0.25, -0.2) is 22.9 Å². The number of amides is 1. The Bertz CT molecular complexity index is 1270. The van der Waals surface area contributed by atoms with Crippen LogP contribution in [0, 0.1) is 0 Å². The summed E-state index contributed by atoms with van der Waals surface area (Å²) in [7, 11) is -7.34. The van der Waals surface area contributed by atoms with Crippen molar-refractivity contribution >= 4 is 31.6 Å². The summed E-state index contributed by atoms with van der Waals surface area (Å²) in [6.45, 7) is 1.35. The monoisotopic (exact) mass is 439 g/mol. The third-order valence-electron chi connectivity index (χ3n) is 3.85. The van der Waals surface area contributed by atoms with Crippen LogP contribution in [0.25, 0.3) is 5.65 Å². The molecule has 3 rings (SSSR count). The van der Waals surface area contributed by atoms with Crippen molar-refractivity contribution in [1.29, 1.82) is 0 Å². The van der Waals surface area contributed by atoms with Crippen LogP contribution in [-0.4, -0.2) is 45.2 Å². The molecule has 29 heavy (non-hydrogen) atoms. The van der Waals surface area contributed by atoms with E-state index in [-0.39, 0.29) is 22.9 Å². The molecule has 0 radical (unpaired) electrons. The quantitative estimate of drug-likeness (QED) is 0.612. The second-order valence-corrected chi connectivity index (χ2v) is 9.52. The Morgan fingerprint density at radius 3 is 2.38 bits per heavy atom. The van der Waals surface area contributed by atoms with Gasteiger partial charge in [0.2, 0.25) is 0 Å². The highest BCUT2D eigenvalue weighted by molar-refractivity contribution is 7.93. The van der Waals surface area contributed by atoms with Crippen LogP contribution in [0.4, 0.5) is 4.79 Å². The number of benzene rings is 1. The molecule has 12 heteroatoms. The zero-order valence-electron chi connectivity index (χ0n) is 15.4. The zero-order chi connectivity index (χ0) is 21.2. The maximum atomic E-state index is 12.9. The van der Waals surface area contributed by atoms with Gasteiger partial charge in [0.15, 0.2) is 19.9 Å². The highest BCUT2D eigenvalue weighted by Gasteiger charge is 2.33. The molecule has 1 amide bonds. The fourth-order valence-electron chi connectivity index (χ4n) is 2.46. The van der Waals surface area contributed by atoms with Gasteiger partial charge in [0.05, 0.1) is 19.1 Å². The zero-order valence-corrected chi connectivity index (χ0v) is 17.0. The maximum Gasteiger partial charge on any atom is 0.426 e. The van der Waals surface area contributed by atoms with E-state index in [9.17, 15) is 21.6 Å². The number of hydrogen-bond donors (Lipinski definition) is 1. The summed E-state index contributed by atoms with van der Waals surface area (Å²) in [6.07, 6.45) is -0.0393. The summed E-state index contributed by atoms with van der Waals surface area (Å²) in [4.78, 5) is 16.0. The number of nitrogens with one attached hydrogen (secondary N) is 1. The van der Waals surface area contributed by atoms with E-state index in [1.807, 2.05) is 0 Å². The molecule has 1 N–H and O–H groups in total. The van der Waals surface area contributed by atoms with Crippen LogP contribution < -0.4 is 14.2 Å². The van der Waals surface area contributed by atoms with Crippen molar-refractivity contribution in [3.63, 3.8) is 0 Å². The average Bonchev–Trinajstić information content (AvgIpc) is 3.08. The molecule has 3 aromatic rings. The van der Waals surface area contributed by atoms with Gasteiger partial charge in [-0.2, -0.15) is 8.42 Å². The molecule has 0 bridgehead atoms. The van der Waals surface area contributed by atoms with Gasteiger partial charge in [-0.15, -0.1) is 0 Å². The van der Waals surface area contributed by atoms with E-state index < -0.39 is 36.0 Å². The predicted octanol–water partition coefficient (Wildman–Crippen LogP) is 1.61. The van der Waals surface area contributed by atoms with Gasteiger partial charge in [0.25, 0.3) is 10.0 Å². The summed E-state index contributed by atoms with van der Waals surface area (Å²) in [5.41, 5.74) is 0.0506. The Balaban J connectivity index is 2.10. The fraction of sp³-hybridized carbons (Fsp3) is 0.176. The highest BCUT2D eigenvalue weighted by Crippen LogP contribution is 2.26. The lowest BCUT2D eigenvalue weighted by Gasteiger charge is -2.09. The normalized spacial score (nSPS) is 11.9. The molecule has 0 unspecified atom stereocenters. The van der Waals surface area contributed by atoms with E-state index in [1.165, 1.54) is 44.5 Å². The lowest BCUT2D eigenvalue weighted by Crippen LogP contribution is -2.34. The van der Waals surface area contributed by atoms with Crippen LogP contribution >= 0.6 is 0 Å². The number of hydrogen-bond acceptors (Lipinski definition) is 8. The molecule has 0 aliphatic heterocycles. The standard InChI is InChI=1S/C17H17N3O7S2/c1-3-28(22,23)15-16(20-11-13(26-2)9-10-14(20)18-15)29(24,25)19-17(21)27-12-7-5-4-6-8-12/h4-11H,3H2,1-2H3,(H,19,21). The lowest BCUT2D eigenvalue weighted by atomic mass is 10.3. The second kappa shape index (κ2) is 7.72. The van der Waals surface area contributed by atoms with Gasteiger partial charge in [-0.3, -0.25) is 4.40 Å². The van der Waals surface area contributed by atoms with Crippen molar-refractivity contribution in [3.05, 3.63) is 48.7 Å². The second-order valence-electron chi connectivity index (χ2n) is 5.73. The van der Waals surface area contributed by atoms with Gasteiger partial charge in [-0.05, 0) is 24.3 Å². The third kappa shape index (κ3) is 4.17. The molecule has 2 heterocycles. The molecule has 2 aromatic heterocycles. The first-order valence-electron chi connectivity index (χ1n) is 8.26. The minimum atomic E-state index is -4.67. The number of imidazole rings is 1. The molecule has 154 valence electrons. The number of fused-ring (bicyclic) bond motifs is 1. The summed E-state index contributed by atoms with van der Waals surface area (Å²) < 4.78 is 63.5. The van der Waals surface area contributed by atoms with Crippen molar-refractivity contribution in [1.82, 2.24) is 14.1 Å². The molecule has 1 aromatic carbocycles. The van der Waals surface area contributed by atoms with Gasteiger partial charge in [0, 0.05) is 0 Å². The first-order valence-corrected chi connectivity index (χ1v) is 11.4. The van der Waals surface area contributed by atoms with Crippen LogP contribution in [-0.2, 0) is 19.9 Å². The van der Waals surface area contributed by atoms with E-state index in [0.717, 1.165) is 4.40 Å². The summed E-state index contributed by atoms with van der Waals surface area (Å²) in [6, 6.07) is 10.7. The van der Waals surface area contributed by atoms with Gasteiger partial charge in [0.1, 0.15) is 17.1 Å². The first kappa shape index (κ1) is 20.6. The largest absolute Gasteiger partial charge is 0.495 e. The Kier molecular flexibility index (Phi) is 5.48. The third-order valence-corrected chi connectivity index (χ3v) is 6.95. The minimum absolute atomic E-state index is 0.0506. The number of ether oxygens (including phenoxy) is 2. The number of para-hydroxylation sites is 1. The number of carbonyl (C=O) groups excluding carboxylic acids is 1. The first-order chi connectivity index (χ1) is 13.7. The van der Waals surface area contributed by atoms with Crippen LogP contribution in [0.5, 0.6) is 11.5 Å². The average molecular weight is 439 g/mol. The summed E-state index contributed by atoms with van der Waals surface area (Å²) >= 11 is 0. The molecule has 0 atom stereocenters. The number of sulfone groups is 1. The van der Waals surface area contributed by atoms with Crippen molar-refractivity contribution < 1.29 is 31.1 Å². The van der Waals surface area contributed by atoms with E-state index in [1.54, 1.807) is 22.9 Å². The Morgan fingerprint density at radius 2 is 1.76 bits per heavy atom. The van der Waals surface area contributed by atoms with Crippen LogP contribution in [0.1, 0.15) is 6.92 Å². The number of aromatic nitrogens is 2. The molecule has 0 aliphatic carbocycles. The maximum absolute atomic E-state index is 12.9. The van der Waals surface area contributed by atoms with Gasteiger partial charge in [-0.1, -0.05) is 25.1 Å². The summed E-state index contributed by atoms with van der Waals surface area (Å²) in [5.74, 6) is -0.00886. The molecule has 10 nitrogen and oxygen atoms in total. The molecule has 0 saturated heterocycles. The number of nitrogens with zero attached hydrogens (tertiary/aromatic N) is 2. The lowest BCUT2D eigenvalue weighted by molar-refractivity contribution is 0.206. The number of pyridine rings is 1. The number of carbonyl (C=O) groups is 1.